The molecule has 0 aromatic heterocycles. The van der Waals surface area contributed by atoms with E-state index in [2.05, 4.69) is 27.7 Å². The Morgan fingerprint density at radius 2 is 0.516 bits per heavy atom. The Bertz CT molecular complexity index is 964. The largest absolute Gasteiger partial charge is 0.462 e. The van der Waals surface area contributed by atoms with E-state index in [1.807, 2.05) is 0 Å². The number of ether oxygens (including phenoxy) is 3. The summed E-state index contributed by atoms with van der Waals surface area (Å²) >= 11 is 0. The highest BCUT2D eigenvalue weighted by atomic mass is 16.6. The lowest BCUT2D eigenvalue weighted by Crippen LogP contribution is -2.30. The number of esters is 3. The van der Waals surface area contributed by atoms with E-state index in [9.17, 15) is 14.4 Å². The van der Waals surface area contributed by atoms with Gasteiger partial charge in [-0.3, -0.25) is 14.4 Å². The molecule has 0 rings (SSSR count). The molecular formula is C58H112O6. The maximum Gasteiger partial charge on any atom is 0.306 e. The molecule has 0 aliphatic rings. The summed E-state index contributed by atoms with van der Waals surface area (Å²) in [5.74, 6) is 0.00997. The maximum absolute atomic E-state index is 12.8. The van der Waals surface area contributed by atoms with E-state index in [4.69, 9.17) is 14.2 Å². The zero-order chi connectivity index (χ0) is 46.7. The fourth-order valence-corrected chi connectivity index (χ4v) is 8.92. The molecule has 0 amide bonds. The van der Waals surface area contributed by atoms with Crippen molar-refractivity contribution in [3.05, 3.63) is 0 Å². The van der Waals surface area contributed by atoms with Gasteiger partial charge in [-0.1, -0.05) is 291 Å². The summed E-state index contributed by atoms with van der Waals surface area (Å²) in [5.41, 5.74) is 0. The van der Waals surface area contributed by atoms with Crippen molar-refractivity contribution in [3.8, 4) is 0 Å². The molecule has 0 fully saturated rings. The Morgan fingerprint density at radius 1 is 0.297 bits per heavy atom. The first-order valence-corrected chi connectivity index (χ1v) is 28.9. The minimum Gasteiger partial charge on any atom is -0.462 e. The van der Waals surface area contributed by atoms with Gasteiger partial charge in [-0.25, -0.2) is 0 Å². The molecule has 0 radical (unpaired) electrons. The zero-order valence-corrected chi connectivity index (χ0v) is 43.8. The van der Waals surface area contributed by atoms with E-state index >= 15 is 0 Å². The second-order valence-electron chi connectivity index (χ2n) is 20.4. The summed E-state index contributed by atoms with van der Waals surface area (Å²) in [5, 5.41) is 0. The van der Waals surface area contributed by atoms with Crippen molar-refractivity contribution in [1.82, 2.24) is 0 Å². The second kappa shape index (κ2) is 52.4. The molecule has 380 valence electrons. The van der Waals surface area contributed by atoms with Crippen molar-refractivity contribution >= 4 is 17.9 Å². The number of hydrogen-bond acceptors (Lipinski definition) is 6. The van der Waals surface area contributed by atoms with Crippen LogP contribution in [0.5, 0.6) is 0 Å². The molecule has 0 spiro atoms. The smallest absolute Gasteiger partial charge is 0.306 e. The van der Waals surface area contributed by atoms with Gasteiger partial charge in [0.1, 0.15) is 13.2 Å². The number of hydrogen-bond donors (Lipinski definition) is 0. The van der Waals surface area contributed by atoms with Gasteiger partial charge in [0.2, 0.25) is 0 Å². The van der Waals surface area contributed by atoms with Crippen molar-refractivity contribution in [3.63, 3.8) is 0 Å². The van der Waals surface area contributed by atoms with E-state index in [0.717, 1.165) is 63.7 Å². The Morgan fingerprint density at radius 3 is 0.766 bits per heavy atom. The van der Waals surface area contributed by atoms with Gasteiger partial charge in [0.15, 0.2) is 6.10 Å². The van der Waals surface area contributed by atoms with Gasteiger partial charge >= 0.3 is 17.9 Å². The van der Waals surface area contributed by atoms with E-state index in [-0.39, 0.29) is 31.1 Å². The molecule has 0 saturated carbocycles. The molecule has 0 heterocycles. The number of rotatable bonds is 53. The normalized spacial score (nSPS) is 12.0. The zero-order valence-electron chi connectivity index (χ0n) is 43.8. The van der Waals surface area contributed by atoms with Gasteiger partial charge in [-0.2, -0.15) is 0 Å². The first-order valence-electron chi connectivity index (χ1n) is 28.9. The molecule has 0 unspecified atom stereocenters. The van der Waals surface area contributed by atoms with E-state index in [0.29, 0.717) is 19.3 Å². The third-order valence-corrected chi connectivity index (χ3v) is 13.3. The average Bonchev–Trinajstić information content (AvgIpc) is 3.28. The highest BCUT2D eigenvalue weighted by molar-refractivity contribution is 5.71. The van der Waals surface area contributed by atoms with Gasteiger partial charge < -0.3 is 14.2 Å². The van der Waals surface area contributed by atoms with Gasteiger partial charge in [-0.05, 0) is 25.2 Å². The van der Waals surface area contributed by atoms with Crippen LogP contribution >= 0.6 is 0 Å². The van der Waals surface area contributed by atoms with Crippen LogP contribution in [0, 0.1) is 5.92 Å². The summed E-state index contributed by atoms with van der Waals surface area (Å²) in [7, 11) is 0. The molecular weight excluding hydrogens is 793 g/mol. The molecule has 0 aliphatic heterocycles. The van der Waals surface area contributed by atoms with E-state index < -0.39 is 6.10 Å². The topological polar surface area (TPSA) is 78.9 Å². The van der Waals surface area contributed by atoms with Crippen LogP contribution in [-0.2, 0) is 28.6 Å². The summed E-state index contributed by atoms with van der Waals surface area (Å²) in [6.45, 7) is 9.07. The summed E-state index contributed by atoms with van der Waals surface area (Å²) in [4.78, 5) is 38.1. The Labute approximate surface area is 399 Å². The average molecular weight is 906 g/mol. The lowest BCUT2D eigenvalue weighted by Gasteiger charge is -2.18. The first kappa shape index (κ1) is 62.4. The lowest BCUT2D eigenvalue weighted by molar-refractivity contribution is -0.167. The van der Waals surface area contributed by atoms with E-state index in [1.54, 1.807) is 0 Å². The third-order valence-electron chi connectivity index (χ3n) is 13.3. The van der Waals surface area contributed by atoms with Crippen LogP contribution < -0.4 is 0 Å². The van der Waals surface area contributed by atoms with Crippen LogP contribution in [0.15, 0.2) is 0 Å². The quantitative estimate of drug-likeness (QED) is 0.0344. The third kappa shape index (κ3) is 51.4. The standard InChI is InChI=1S/C58H112O6/c1-5-7-9-11-13-15-17-19-20-21-27-31-35-39-43-47-51-58(61)64-55(52-62-56(59)49-45-41-37-33-29-24-18-16-14-12-10-8-6-2)53-63-57(60)50-46-42-38-34-30-26-23-22-25-28-32-36-40-44-48-54(3)4/h54-55H,5-53H2,1-4H3/t55-/m1/s1. The SMILES string of the molecule is CCCCCCCCCCCCCCCCCCC(=O)O[C@H](COC(=O)CCCCCCCCCCCCCCC)COC(=O)CCCCCCCCCCCCCCCCC(C)C. The molecule has 0 aromatic rings. The minimum absolute atomic E-state index is 0.0618. The summed E-state index contributed by atoms with van der Waals surface area (Å²) in [6.07, 6.45) is 56.6. The molecule has 6 heteroatoms. The molecule has 0 bridgehead atoms. The van der Waals surface area contributed by atoms with Gasteiger partial charge in [0.05, 0.1) is 0 Å². The predicted octanol–water partition coefficient (Wildman–Crippen LogP) is 19.0. The molecule has 0 N–H and O–H groups in total. The number of carbonyl (C=O) groups excluding carboxylic acids is 3. The monoisotopic (exact) mass is 905 g/mol. The van der Waals surface area contributed by atoms with Crippen LogP contribution in [-0.4, -0.2) is 37.2 Å². The van der Waals surface area contributed by atoms with Crippen molar-refractivity contribution in [2.75, 3.05) is 13.2 Å². The molecule has 6 nitrogen and oxygen atoms in total. The predicted molar refractivity (Wildman–Crippen MR) is 275 cm³/mol. The van der Waals surface area contributed by atoms with Gasteiger partial charge in [0.25, 0.3) is 0 Å². The summed E-state index contributed by atoms with van der Waals surface area (Å²) in [6, 6.07) is 0. The fourth-order valence-electron chi connectivity index (χ4n) is 8.92. The Balaban J connectivity index is 4.29. The number of carbonyl (C=O) groups is 3. The lowest BCUT2D eigenvalue weighted by atomic mass is 10.0. The van der Waals surface area contributed by atoms with Crippen LogP contribution in [0.4, 0.5) is 0 Å². The van der Waals surface area contributed by atoms with Crippen molar-refractivity contribution < 1.29 is 28.6 Å². The van der Waals surface area contributed by atoms with Crippen LogP contribution in [0.3, 0.4) is 0 Å². The molecule has 0 saturated heterocycles. The van der Waals surface area contributed by atoms with Crippen molar-refractivity contribution in [1.29, 1.82) is 0 Å². The fraction of sp³-hybridized carbons (Fsp3) is 0.948. The molecule has 64 heavy (non-hydrogen) atoms. The van der Waals surface area contributed by atoms with Crippen LogP contribution in [0.25, 0.3) is 0 Å². The minimum atomic E-state index is -0.761. The van der Waals surface area contributed by atoms with Crippen molar-refractivity contribution in [2.24, 2.45) is 5.92 Å². The number of unbranched alkanes of at least 4 members (excludes halogenated alkanes) is 40. The Hall–Kier alpha value is -1.59. The highest BCUT2D eigenvalue weighted by Crippen LogP contribution is 2.18. The highest BCUT2D eigenvalue weighted by Gasteiger charge is 2.19. The summed E-state index contributed by atoms with van der Waals surface area (Å²) < 4.78 is 16.9. The van der Waals surface area contributed by atoms with Crippen LogP contribution in [0.1, 0.15) is 329 Å². The van der Waals surface area contributed by atoms with Crippen LogP contribution in [0.2, 0.25) is 0 Å². The second-order valence-corrected chi connectivity index (χ2v) is 20.4. The van der Waals surface area contributed by atoms with Crippen molar-refractivity contribution in [2.45, 2.75) is 336 Å². The molecule has 1 atom stereocenters. The first-order chi connectivity index (χ1) is 31.4. The molecule has 0 aliphatic carbocycles. The van der Waals surface area contributed by atoms with Gasteiger partial charge in [0, 0.05) is 19.3 Å². The van der Waals surface area contributed by atoms with Gasteiger partial charge in [-0.15, -0.1) is 0 Å². The van der Waals surface area contributed by atoms with E-state index in [1.165, 1.54) is 225 Å². The maximum atomic E-state index is 12.8. The molecule has 0 aromatic carbocycles. The Kier molecular flexibility index (Phi) is 51.1.